The maximum absolute atomic E-state index is 10.3. The molecule has 0 saturated heterocycles. The van der Waals surface area contributed by atoms with Gasteiger partial charge in [-0.1, -0.05) is 18.2 Å². The molecule has 0 saturated carbocycles. The van der Waals surface area contributed by atoms with E-state index in [4.69, 9.17) is 0 Å². The summed E-state index contributed by atoms with van der Waals surface area (Å²) in [7, 11) is -4.86. The van der Waals surface area contributed by atoms with Gasteiger partial charge in [0.15, 0.2) is 0 Å². The quantitative estimate of drug-likeness (QED) is 0.415. The second-order valence-corrected chi connectivity index (χ2v) is 5.37. The minimum Gasteiger partial charge on any atom is -0.744 e. The normalized spacial score (nSPS) is 9.87. The van der Waals surface area contributed by atoms with Crippen molar-refractivity contribution in [2.45, 2.75) is 4.90 Å². The average molecular weight is 258 g/mol. The van der Waals surface area contributed by atoms with Crippen LogP contribution in [0.25, 0.3) is 0 Å². The van der Waals surface area contributed by atoms with Crippen molar-refractivity contribution in [2.24, 2.45) is 0 Å². The number of hydrogen-bond acceptors (Lipinski definition) is 4. The predicted molar refractivity (Wildman–Crippen MR) is 54.4 cm³/mol. The van der Waals surface area contributed by atoms with Gasteiger partial charge in [-0.05, 0) is 12.1 Å². The fourth-order valence-electron chi connectivity index (χ4n) is 0.587. The third kappa shape index (κ3) is 10.6. The molecule has 0 aliphatic heterocycles. The van der Waals surface area contributed by atoms with Gasteiger partial charge in [0.25, 0.3) is 0 Å². The molecule has 1 aromatic carbocycles. The first-order valence-electron chi connectivity index (χ1n) is 3.60. The SMILES string of the molecule is CS(C)=O.O=S(=O)([O-])c1ccccc1.[Na+]. The Morgan fingerprint density at radius 2 is 1.47 bits per heavy atom. The molecule has 0 aliphatic carbocycles. The molecule has 7 heteroatoms. The Hall–Kier alpha value is 0.280. The Labute approximate surface area is 115 Å². The molecular formula is C8H11NaO4S2. The smallest absolute Gasteiger partial charge is 0.744 e. The standard InChI is InChI=1S/C6H6O3S.C2H6OS.Na/c7-10(8,9)6-4-2-1-3-5-6;1-4(2)3;/h1-5H,(H,7,8,9);1-2H3;/q;;+1/p-1. The molecular weight excluding hydrogens is 247 g/mol. The van der Waals surface area contributed by atoms with Crippen molar-refractivity contribution in [3.05, 3.63) is 30.3 Å². The van der Waals surface area contributed by atoms with Gasteiger partial charge in [-0.15, -0.1) is 0 Å². The Morgan fingerprint density at radius 3 is 1.67 bits per heavy atom. The van der Waals surface area contributed by atoms with Crippen LogP contribution in [0.1, 0.15) is 0 Å². The van der Waals surface area contributed by atoms with Crippen LogP contribution in [0.15, 0.2) is 35.2 Å². The van der Waals surface area contributed by atoms with Crippen LogP contribution in [-0.4, -0.2) is 29.7 Å². The van der Waals surface area contributed by atoms with Crippen molar-refractivity contribution in [1.29, 1.82) is 0 Å². The molecule has 15 heavy (non-hydrogen) atoms. The van der Waals surface area contributed by atoms with Gasteiger partial charge < -0.3 is 4.55 Å². The van der Waals surface area contributed by atoms with E-state index in [2.05, 4.69) is 0 Å². The van der Waals surface area contributed by atoms with Gasteiger partial charge in [0, 0.05) is 23.3 Å². The molecule has 1 rings (SSSR count). The summed E-state index contributed by atoms with van der Waals surface area (Å²) in [4.78, 5) is -0.185. The van der Waals surface area contributed by atoms with Crippen molar-refractivity contribution >= 4 is 20.9 Å². The van der Waals surface area contributed by atoms with E-state index >= 15 is 0 Å². The van der Waals surface area contributed by atoms with E-state index in [-0.39, 0.29) is 34.5 Å². The molecule has 0 atom stereocenters. The van der Waals surface area contributed by atoms with E-state index in [1.54, 1.807) is 18.6 Å². The molecule has 0 fully saturated rings. The van der Waals surface area contributed by atoms with Gasteiger partial charge in [-0.25, -0.2) is 8.42 Å². The second kappa shape index (κ2) is 8.43. The Morgan fingerprint density at radius 1 is 1.13 bits per heavy atom. The van der Waals surface area contributed by atoms with E-state index in [0.29, 0.717) is 0 Å². The van der Waals surface area contributed by atoms with Crippen molar-refractivity contribution < 1.29 is 46.7 Å². The van der Waals surface area contributed by atoms with Gasteiger partial charge in [-0.2, -0.15) is 0 Å². The van der Waals surface area contributed by atoms with Crippen LogP contribution in [-0.2, 0) is 20.9 Å². The number of rotatable bonds is 1. The van der Waals surface area contributed by atoms with Crippen LogP contribution in [0.5, 0.6) is 0 Å². The van der Waals surface area contributed by atoms with Crippen molar-refractivity contribution in [3.63, 3.8) is 0 Å². The van der Waals surface area contributed by atoms with Crippen LogP contribution in [0.3, 0.4) is 0 Å². The molecule has 0 aliphatic rings. The van der Waals surface area contributed by atoms with Crippen molar-refractivity contribution in [2.75, 3.05) is 12.5 Å². The average Bonchev–Trinajstić information content (AvgIpc) is 2.03. The molecule has 0 N–H and O–H groups in total. The monoisotopic (exact) mass is 258 g/mol. The summed E-state index contributed by atoms with van der Waals surface area (Å²) >= 11 is 0. The minimum absolute atomic E-state index is 0. The molecule has 0 amide bonds. The number of hydrogen-bond donors (Lipinski definition) is 0. The summed E-state index contributed by atoms with van der Waals surface area (Å²) < 4.78 is 40.4. The molecule has 1 aromatic rings. The fraction of sp³-hybridized carbons (Fsp3) is 0.250. The summed E-state index contributed by atoms with van der Waals surface area (Å²) in [5, 5.41) is 0. The molecule has 0 heterocycles. The van der Waals surface area contributed by atoms with Gasteiger partial charge in [-0.3, -0.25) is 4.21 Å². The zero-order valence-corrected chi connectivity index (χ0v) is 12.5. The molecule has 0 bridgehead atoms. The fourth-order valence-corrected chi connectivity index (χ4v) is 1.08. The van der Waals surface area contributed by atoms with E-state index in [0.717, 1.165) is 0 Å². The second-order valence-electron chi connectivity index (χ2n) is 2.51. The van der Waals surface area contributed by atoms with Crippen molar-refractivity contribution in [3.8, 4) is 0 Å². The number of benzene rings is 1. The van der Waals surface area contributed by atoms with Gasteiger partial charge in [0.2, 0.25) is 0 Å². The van der Waals surface area contributed by atoms with Gasteiger partial charge in [0.1, 0.15) is 10.1 Å². The molecule has 0 aromatic heterocycles. The Bertz CT molecular complexity index is 384. The van der Waals surface area contributed by atoms with E-state index in [1.165, 1.54) is 24.3 Å². The topological polar surface area (TPSA) is 74.3 Å². The maximum Gasteiger partial charge on any atom is 1.00 e. The molecule has 0 radical (unpaired) electrons. The van der Waals surface area contributed by atoms with Crippen LogP contribution < -0.4 is 29.6 Å². The Kier molecular flexibility index (Phi) is 9.93. The van der Waals surface area contributed by atoms with Crippen LogP contribution >= 0.6 is 0 Å². The summed E-state index contributed by atoms with van der Waals surface area (Å²) in [5.74, 6) is 0. The third-order valence-electron chi connectivity index (χ3n) is 1.03. The van der Waals surface area contributed by atoms with Crippen LogP contribution in [0, 0.1) is 0 Å². The predicted octanol–water partition coefficient (Wildman–Crippen LogP) is -2.41. The minimum atomic E-state index is -4.25. The van der Waals surface area contributed by atoms with Crippen LogP contribution in [0.2, 0.25) is 0 Å². The first-order chi connectivity index (χ1) is 6.34. The third-order valence-corrected chi connectivity index (χ3v) is 1.88. The van der Waals surface area contributed by atoms with Gasteiger partial charge >= 0.3 is 29.6 Å². The maximum atomic E-state index is 10.3. The first-order valence-corrected chi connectivity index (χ1v) is 6.97. The van der Waals surface area contributed by atoms with E-state index in [1.807, 2.05) is 0 Å². The summed E-state index contributed by atoms with van der Waals surface area (Å²) in [6.07, 6.45) is 3.28. The zero-order chi connectivity index (χ0) is 11.2. The summed E-state index contributed by atoms with van der Waals surface area (Å²) in [6.45, 7) is 0. The molecule has 0 unspecified atom stereocenters. The molecule has 80 valence electrons. The largest absolute Gasteiger partial charge is 1.00 e. The van der Waals surface area contributed by atoms with Gasteiger partial charge in [0.05, 0.1) is 4.90 Å². The van der Waals surface area contributed by atoms with Crippen LogP contribution in [0.4, 0.5) is 0 Å². The molecule has 0 spiro atoms. The summed E-state index contributed by atoms with van der Waals surface area (Å²) in [6, 6.07) is 7.19. The molecule has 4 nitrogen and oxygen atoms in total. The van der Waals surface area contributed by atoms with E-state index < -0.39 is 20.9 Å². The summed E-state index contributed by atoms with van der Waals surface area (Å²) in [5.41, 5.74) is 0. The zero-order valence-electron chi connectivity index (χ0n) is 8.84. The first kappa shape index (κ1) is 17.7. The van der Waals surface area contributed by atoms with E-state index in [9.17, 15) is 17.2 Å². The van der Waals surface area contributed by atoms with Crippen molar-refractivity contribution in [1.82, 2.24) is 0 Å². The Balaban J connectivity index is 0.